The van der Waals surface area contributed by atoms with E-state index in [0.29, 0.717) is 18.7 Å². The van der Waals surface area contributed by atoms with Gasteiger partial charge in [-0.05, 0) is 29.9 Å². The number of nitrogens with two attached hydrogens (primary N) is 1. The molecule has 2 aromatic heterocycles. The second-order valence-corrected chi connectivity index (χ2v) is 6.84. The van der Waals surface area contributed by atoms with Crippen molar-refractivity contribution in [1.29, 1.82) is 0 Å². The van der Waals surface area contributed by atoms with Gasteiger partial charge in [-0.3, -0.25) is 0 Å². The standard InChI is InChI=1S/C18H20N2O3S.ClH/c19-18(11-21,12-22)8-7-13-3-5-14(6-4-13)15-10-23-17(20-15)16-2-1-9-24-16;/h1-6,9-10,21-22H,7-8,11-12,19H2;1H. The predicted molar refractivity (Wildman–Crippen MR) is 102 cm³/mol. The molecular formula is C18H21ClN2O3S. The first-order valence-corrected chi connectivity index (χ1v) is 8.61. The number of aliphatic hydroxyl groups excluding tert-OH is 2. The number of oxazole rings is 1. The molecule has 3 aromatic rings. The van der Waals surface area contributed by atoms with E-state index in [-0.39, 0.29) is 25.6 Å². The summed E-state index contributed by atoms with van der Waals surface area (Å²) in [5.41, 5.74) is 7.83. The maximum absolute atomic E-state index is 9.23. The van der Waals surface area contributed by atoms with Gasteiger partial charge in [0.25, 0.3) is 0 Å². The minimum Gasteiger partial charge on any atom is -0.443 e. The summed E-state index contributed by atoms with van der Waals surface area (Å²) in [4.78, 5) is 5.53. The normalized spacial score (nSPS) is 11.3. The average Bonchev–Trinajstić information content (AvgIpc) is 3.31. The van der Waals surface area contributed by atoms with Crippen molar-refractivity contribution in [2.24, 2.45) is 5.73 Å². The number of rotatable bonds is 7. The van der Waals surface area contributed by atoms with Crippen LogP contribution in [0.2, 0.25) is 0 Å². The van der Waals surface area contributed by atoms with Crippen LogP contribution in [0.15, 0.2) is 52.5 Å². The molecule has 0 fully saturated rings. The third-order valence-electron chi connectivity index (χ3n) is 4.03. The number of aromatic nitrogens is 1. The maximum atomic E-state index is 9.23. The third kappa shape index (κ3) is 4.68. The summed E-state index contributed by atoms with van der Waals surface area (Å²) in [5, 5.41) is 20.5. The van der Waals surface area contributed by atoms with Crippen LogP contribution >= 0.6 is 23.7 Å². The molecule has 134 valence electrons. The quantitative estimate of drug-likeness (QED) is 0.585. The Kier molecular flexibility index (Phi) is 6.75. The summed E-state index contributed by atoms with van der Waals surface area (Å²) in [7, 11) is 0. The van der Waals surface area contributed by atoms with Crippen LogP contribution in [0.3, 0.4) is 0 Å². The number of aliphatic hydroxyl groups is 2. The Balaban J connectivity index is 0.00000225. The lowest BCUT2D eigenvalue weighted by Crippen LogP contribution is -2.47. The first-order chi connectivity index (χ1) is 11.6. The molecule has 5 nitrogen and oxygen atoms in total. The number of halogens is 1. The molecule has 4 N–H and O–H groups in total. The minimum absolute atomic E-state index is 0. The maximum Gasteiger partial charge on any atom is 0.236 e. The molecule has 2 heterocycles. The first-order valence-electron chi connectivity index (χ1n) is 7.73. The lowest BCUT2D eigenvalue weighted by atomic mass is 9.93. The lowest BCUT2D eigenvalue weighted by Gasteiger charge is -2.24. The van der Waals surface area contributed by atoms with Gasteiger partial charge in [0.05, 0.1) is 23.6 Å². The van der Waals surface area contributed by atoms with Crippen LogP contribution in [0.4, 0.5) is 0 Å². The van der Waals surface area contributed by atoms with Crippen molar-refractivity contribution in [3.05, 3.63) is 53.6 Å². The fourth-order valence-electron chi connectivity index (χ4n) is 2.36. The monoisotopic (exact) mass is 380 g/mol. The average molecular weight is 381 g/mol. The molecule has 0 unspecified atom stereocenters. The zero-order valence-corrected chi connectivity index (χ0v) is 15.2. The highest BCUT2D eigenvalue weighted by Crippen LogP contribution is 2.27. The fourth-order valence-corrected chi connectivity index (χ4v) is 3.02. The van der Waals surface area contributed by atoms with Crippen LogP contribution in [-0.2, 0) is 6.42 Å². The van der Waals surface area contributed by atoms with Crippen molar-refractivity contribution >= 4 is 23.7 Å². The van der Waals surface area contributed by atoms with Gasteiger partial charge in [-0.2, -0.15) is 0 Å². The van der Waals surface area contributed by atoms with Gasteiger partial charge < -0.3 is 20.4 Å². The van der Waals surface area contributed by atoms with Crippen LogP contribution < -0.4 is 5.73 Å². The van der Waals surface area contributed by atoms with Gasteiger partial charge in [0, 0.05) is 5.56 Å². The molecule has 25 heavy (non-hydrogen) atoms. The highest BCUT2D eigenvalue weighted by molar-refractivity contribution is 7.13. The molecule has 0 atom stereocenters. The van der Waals surface area contributed by atoms with Crippen molar-refractivity contribution in [2.75, 3.05) is 13.2 Å². The van der Waals surface area contributed by atoms with Gasteiger partial charge in [0.2, 0.25) is 5.89 Å². The number of hydrogen-bond donors (Lipinski definition) is 3. The summed E-state index contributed by atoms with van der Waals surface area (Å²) in [6.07, 6.45) is 2.87. The molecule has 0 spiro atoms. The Bertz CT molecular complexity index is 768. The Morgan fingerprint density at radius 2 is 1.84 bits per heavy atom. The summed E-state index contributed by atoms with van der Waals surface area (Å²) in [6, 6.07) is 11.9. The second-order valence-electron chi connectivity index (χ2n) is 5.89. The molecule has 0 radical (unpaired) electrons. The second kappa shape index (κ2) is 8.60. The van der Waals surface area contributed by atoms with Gasteiger partial charge in [-0.25, -0.2) is 4.98 Å². The van der Waals surface area contributed by atoms with Crippen LogP contribution in [0, 0.1) is 0 Å². The molecule has 0 amide bonds. The van der Waals surface area contributed by atoms with E-state index in [2.05, 4.69) is 4.98 Å². The first kappa shape index (κ1) is 19.6. The van der Waals surface area contributed by atoms with E-state index in [1.807, 2.05) is 41.8 Å². The highest BCUT2D eigenvalue weighted by atomic mass is 35.5. The number of aryl methyl sites for hydroxylation is 1. The smallest absolute Gasteiger partial charge is 0.236 e. The molecule has 0 aliphatic heterocycles. The molecule has 7 heteroatoms. The molecule has 0 aliphatic carbocycles. The van der Waals surface area contributed by atoms with Gasteiger partial charge in [-0.1, -0.05) is 30.3 Å². The van der Waals surface area contributed by atoms with Crippen LogP contribution in [0.1, 0.15) is 12.0 Å². The molecule has 3 rings (SSSR count). The topological polar surface area (TPSA) is 92.5 Å². The van der Waals surface area contributed by atoms with Gasteiger partial charge >= 0.3 is 0 Å². The molecular weight excluding hydrogens is 360 g/mol. The Labute approximate surface area is 156 Å². The van der Waals surface area contributed by atoms with Crippen molar-refractivity contribution in [3.8, 4) is 22.0 Å². The van der Waals surface area contributed by atoms with Crippen LogP contribution in [0.5, 0.6) is 0 Å². The van der Waals surface area contributed by atoms with Crippen molar-refractivity contribution < 1.29 is 14.6 Å². The van der Waals surface area contributed by atoms with Gasteiger partial charge in [-0.15, -0.1) is 23.7 Å². The van der Waals surface area contributed by atoms with Crippen molar-refractivity contribution in [1.82, 2.24) is 4.98 Å². The van der Waals surface area contributed by atoms with Gasteiger partial charge in [0.15, 0.2) is 0 Å². The summed E-state index contributed by atoms with van der Waals surface area (Å²) < 4.78 is 5.54. The van der Waals surface area contributed by atoms with Crippen LogP contribution in [0.25, 0.3) is 22.0 Å². The number of benzene rings is 1. The van der Waals surface area contributed by atoms with E-state index < -0.39 is 5.54 Å². The zero-order valence-electron chi connectivity index (χ0n) is 13.6. The van der Waals surface area contributed by atoms with E-state index in [1.165, 1.54) is 0 Å². The summed E-state index contributed by atoms with van der Waals surface area (Å²) in [6.45, 7) is -0.460. The van der Waals surface area contributed by atoms with E-state index in [9.17, 15) is 10.2 Å². The fraction of sp³-hybridized carbons (Fsp3) is 0.278. The van der Waals surface area contributed by atoms with E-state index >= 15 is 0 Å². The number of hydrogen-bond acceptors (Lipinski definition) is 6. The third-order valence-corrected chi connectivity index (χ3v) is 4.89. The molecule has 0 bridgehead atoms. The zero-order chi connectivity index (χ0) is 17.0. The largest absolute Gasteiger partial charge is 0.443 e. The van der Waals surface area contributed by atoms with Crippen molar-refractivity contribution in [2.45, 2.75) is 18.4 Å². The molecule has 0 saturated heterocycles. The van der Waals surface area contributed by atoms with E-state index in [1.54, 1.807) is 17.6 Å². The van der Waals surface area contributed by atoms with Gasteiger partial charge in [0.1, 0.15) is 12.0 Å². The highest BCUT2D eigenvalue weighted by Gasteiger charge is 2.22. The minimum atomic E-state index is -0.930. The number of thiophene rings is 1. The Hall–Kier alpha value is -1.70. The van der Waals surface area contributed by atoms with Crippen LogP contribution in [-0.4, -0.2) is 33.9 Å². The Morgan fingerprint density at radius 1 is 1.12 bits per heavy atom. The molecule has 0 aliphatic rings. The SMILES string of the molecule is Cl.NC(CO)(CO)CCc1ccc(-c2coc(-c3cccs3)n2)cc1. The Morgan fingerprint density at radius 3 is 2.44 bits per heavy atom. The summed E-state index contributed by atoms with van der Waals surface area (Å²) in [5.74, 6) is 0.628. The molecule has 0 saturated carbocycles. The summed E-state index contributed by atoms with van der Waals surface area (Å²) >= 11 is 1.59. The number of nitrogens with zero attached hydrogens (tertiary/aromatic N) is 1. The van der Waals surface area contributed by atoms with E-state index in [0.717, 1.165) is 21.7 Å². The predicted octanol–water partition coefficient (Wildman–Crippen LogP) is 3.11. The van der Waals surface area contributed by atoms with E-state index in [4.69, 9.17) is 10.2 Å². The molecule has 1 aromatic carbocycles. The lowest BCUT2D eigenvalue weighted by molar-refractivity contribution is 0.115. The van der Waals surface area contributed by atoms with Crippen molar-refractivity contribution in [3.63, 3.8) is 0 Å².